The Labute approximate surface area is 106 Å². The Balaban J connectivity index is 2.28. The molecule has 0 unspecified atom stereocenters. The molecule has 0 amide bonds. The van der Waals surface area contributed by atoms with Gasteiger partial charge in [0.25, 0.3) is 0 Å². The van der Waals surface area contributed by atoms with Gasteiger partial charge in [-0.1, -0.05) is 24.3 Å². The van der Waals surface area contributed by atoms with Crippen molar-refractivity contribution in [1.29, 1.82) is 0 Å². The summed E-state index contributed by atoms with van der Waals surface area (Å²) < 4.78 is 5.37. The van der Waals surface area contributed by atoms with Crippen LogP contribution in [0, 0.1) is 0 Å². The smallest absolute Gasteiger partial charge is 0.0118 e. The van der Waals surface area contributed by atoms with Crippen molar-refractivity contribution in [3.05, 3.63) is 48.5 Å². The standard InChI is InChI=1S/C12H10N2S2/c15-13-11-5-1-9(2-6-11)10-3-7-12(14-16)8-4-10/h1-8,13-14H/q-2. The van der Waals surface area contributed by atoms with Crippen LogP contribution < -0.4 is 9.44 Å². The Bertz CT molecular complexity index is 406. The second-order valence-electron chi connectivity index (χ2n) is 3.36. The van der Waals surface area contributed by atoms with Crippen LogP contribution in [0.5, 0.6) is 0 Å². The summed E-state index contributed by atoms with van der Waals surface area (Å²) in [5.74, 6) is 0. The van der Waals surface area contributed by atoms with Gasteiger partial charge in [0.15, 0.2) is 0 Å². The zero-order valence-corrected chi connectivity index (χ0v) is 10.1. The number of benzene rings is 2. The summed E-state index contributed by atoms with van der Waals surface area (Å²) in [5.41, 5.74) is 4.18. The Morgan fingerprint density at radius 2 is 0.875 bits per heavy atom. The minimum Gasteiger partial charge on any atom is -0.670 e. The van der Waals surface area contributed by atoms with E-state index in [1.165, 1.54) is 0 Å². The maximum Gasteiger partial charge on any atom is 0.0118 e. The van der Waals surface area contributed by atoms with Crippen LogP contribution >= 0.6 is 0 Å². The minimum absolute atomic E-state index is 0.933. The highest BCUT2D eigenvalue weighted by Gasteiger charge is 1.96. The van der Waals surface area contributed by atoms with Crippen LogP contribution in [0.25, 0.3) is 11.1 Å². The van der Waals surface area contributed by atoms with E-state index >= 15 is 0 Å². The number of rotatable bonds is 3. The second-order valence-corrected chi connectivity index (χ2v) is 3.77. The van der Waals surface area contributed by atoms with Gasteiger partial charge in [0.05, 0.1) is 0 Å². The molecular formula is C12H10N2S2-2. The van der Waals surface area contributed by atoms with Gasteiger partial charge in [0.2, 0.25) is 0 Å². The van der Waals surface area contributed by atoms with E-state index in [2.05, 4.69) is 9.44 Å². The predicted molar refractivity (Wildman–Crippen MR) is 73.9 cm³/mol. The average Bonchev–Trinajstić information content (AvgIpc) is 2.39. The van der Waals surface area contributed by atoms with Crippen molar-refractivity contribution in [1.82, 2.24) is 0 Å². The van der Waals surface area contributed by atoms with Gasteiger partial charge >= 0.3 is 0 Å². The molecule has 2 aromatic rings. The summed E-state index contributed by atoms with van der Waals surface area (Å²) in [4.78, 5) is 0. The highest BCUT2D eigenvalue weighted by Crippen LogP contribution is 2.22. The molecule has 0 spiro atoms. The highest BCUT2D eigenvalue weighted by atomic mass is 32.1. The highest BCUT2D eigenvalue weighted by molar-refractivity contribution is 7.60. The molecule has 4 heteroatoms. The van der Waals surface area contributed by atoms with Crippen molar-refractivity contribution in [2.75, 3.05) is 9.44 Å². The molecule has 82 valence electrons. The summed E-state index contributed by atoms with van der Waals surface area (Å²) in [6.45, 7) is 0. The Morgan fingerprint density at radius 3 is 1.12 bits per heavy atom. The van der Waals surface area contributed by atoms with E-state index in [0.29, 0.717) is 0 Å². The number of nitrogens with one attached hydrogen (secondary N) is 2. The lowest BCUT2D eigenvalue weighted by Gasteiger charge is -2.12. The molecule has 0 radical (unpaired) electrons. The van der Waals surface area contributed by atoms with Crippen LogP contribution in [-0.2, 0) is 25.6 Å². The van der Waals surface area contributed by atoms with Gasteiger partial charge in [0.1, 0.15) is 0 Å². The largest absolute Gasteiger partial charge is 0.670 e. The topological polar surface area (TPSA) is 24.1 Å². The Kier molecular flexibility index (Phi) is 3.64. The molecule has 0 bridgehead atoms. The molecule has 2 aromatic carbocycles. The number of hydrogen-bond donors (Lipinski definition) is 2. The lowest BCUT2D eigenvalue weighted by molar-refractivity contribution is 1.61. The zero-order valence-electron chi connectivity index (χ0n) is 8.44. The zero-order chi connectivity index (χ0) is 11.4. The fourth-order valence-electron chi connectivity index (χ4n) is 1.46. The maximum atomic E-state index is 4.74. The van der Waals surface area contributed by atoms with Crippen LogP contribution in [0.4, 0.5) is 11.4 Å². The lowest BCUT2D eigenvalue weighted by atomic mass is 10.1. The molecule has 0 aliphatic rings. The molecule has 0 heterocycles. The molecule has 0 aliphatic carbocycles. The first kappa shape index (κ1) is 11.2. The van der Waals surface area contributed by atoms with Crippen molar-refractivity contribution in [3.63, 3.8) is 0 Å². The van der Waals surface area contributed by atoms with E-state index in [1.807, 2.05) is 48.5 Å². The second kappa shape index (κ2) is 5.18. The fraction of sp³-hybridized carbons (Fsp3) is 0. The monoisotopic (exact) mass is 246 g/mol. The van der Waals surface area contributed by atoms with Crippen LogP contribution in [0.1, 0.15) is 0 Å². The molecule has 2 rings (SSSR count). The Morgan fingerprint density at radius 1 is 0.562 bits per heavy atom. The SMILES string of the molecule is [S-]Nc1ccc(-c2ccc(N[S-])cc2)cc1. The third-order valence-corrected chi connectivity index (χ3v) is 2.81. The molecule has 0 fully saturated rings. The maximum absolute atomic E-state index is 4.74. The van der Waals surface area contributed by atoms with Gasteiger partial charge in [0, 0.05) is 11.4 Å². The van der Waals surface area contributed by atoms with Gasteiger partial charge in [-0.3, -0.25) is 0 Å². The van der Waals surface area contributed by atoms with Gasteiger partial charge in [-0.15, -0.1) is 0 Å². The van der Waals surface area contributed by atoms with Crippen molar-refractivity contribution >= 4 is 37.0 Å². The first-order valence-corrected chi connectivity index (χ1v) is 5.62. The third-order valence-electron chi connectivity index (χ3n) is 2.34. The van der Waals surface area contributed by atoms with Gasteiger partial charge in [-0.2, -0.15) is 0 Å². The third kappa shape index (κ3) is 2.46. The lowest BCUT2D eigenvalue weighted by Crippen LogP contribution is -1.86. The summed E-state index contributed by atoms with van der Waals surface area (Å²) in [6, 6.07) is 16.0. The number of anilines is 2. The predicted octanol–water partition coefficient (Wildman–Crippen LogP) is 3.10. The molecule has 0 atom stereocenters. The molecule has 2 nitrogen and oxygen atoms in total. The van der Waals surface area contributed by atoms with Crippen molar-refractivity contribution in [3.8, 4) is 11.1 Å². The first-order chi connectivity index (χ1) is 7.83. The van der Waals surface area contributed by atoms with Crippen LogP contribution in [0.3, 0.4) is 0 Å². The molecule has 2 N–H and O–H groups in total. The van der Waals surface area contributed by atoms with E-state index in [-0.39, 0.29) is 0 Å². The van der Waals surface area contributed by atoms with Crippen LogP contribution in [0.2, 0.25) is 0 Å². The summed E-state index contributed by atoms with van der Waals surface area (Å²) >= 11 is 9.48. The minimum atomic E-state index is 0.933. The van der Waals surface area contributed by atoms with E-state index in [9.17, 15) is 0 Å². The average molecular weight is 246 g/mol. The molecule has 0 aromatic heterocycles. The van der Waals surface area contributed by atoms with E-state index in [1.54, 1.807) is 0 Å². The van der Waals surface area contributed by atoms with Crippen LogP contribution in [-0.4, -0.2) is 0 Å². The first-order valence-electron chi connectivity index (χ1n) is 4.80. The van der Waals surface area contributed by atoms with Gasteiger partial charge < -0.3 is 35.1 Å². The van der Waals surface area contributed by atoms with Gasteiger partial charge in [-0.05, 0) is 35.4 Å². The van der Waals surface area contributed by atoms with E-state index < -0.39 is 0 Å². The van der Waals surface area contributed by atoms with E-state index in [0.717, 1.165) is 22.5 Å². The molecule has 16 heavy (non-hydrogen) atoms. The van der Waals surface area contributed by atoms with Crippen molar-refractivity contribution in [2.24, 2.45) is 0 Å². The fourth-order valence-corrected chi connectivity index (χ4v) is 1.73. The van der Waals surface area contributed by atoms with E-state index in [4.69, 9.17) is 25.6 Å². The normalized spacial score (nSPS) is 9.88. The van der Waals surface area contributed by atoms with Crippen molar-refractivity contribution in [2.45, 2.75) is 0 Å². The quantitative estimate of drug-likeness (QED) is 0.813. The molecule has 0 saturated heterocycles. The molecule has 0 saturated carbocycles. The molecular weight excluding hydrogens is 236 g/mol. The summed E-state index contributed by atoms with van der Waals surface area (Å²) in [7, 11) is 0. The number of hydrogen-bond acceptors (Lipinski definition) is 4. The summed E-state index contributed by atoms with van der Waals surface area (Å²) in [6.07, 6.45) is 0. The Hall–Kier alpha value is -1.26. The van der Waals surface area contributed by atoms with Crippen LogP contribution in [0.15, 0.2) is 48.5 Å². The molecule has 0 aliphatic heterocycles. The van der Waals surface area contributed by atoms with Crippen molar-refractivity contribution < 1.29 is 0 Å². The summed E-state index contributed by atoms with van der Waals surface area (Å²) in [5, 5.41) is 0. The van der Waals surface area contributed by atoms with Gasteiger partial charge in [-0.25, -0.2) is 0 Å².